The number of anilines is 2. The normalized spacial score (nSPS) is 26.8. The Hall–Kier alpha value is -1.74. The van der Waals surface area contributed by atoms with Crippen LogP contribution in [0.15, 0.2) is 24.3 Å². The number of nitrogen functional groups attached to an aromatic ring is 1. The van der Waals surface area contributed by atoms with Crippen LogP contribution in [0.25, 0.3) is 0 Å². The van der Waals surface area contributed by atoms with Gasteiger partial charge < -0.3 is 20.2 Å². The van der Waals surface area contributed by atoms with Crippen LogP contribution in [0.3, 0.4) is 0 Å². The lowest BCUT2D eigenvalue weighted by Gasteiger charge is -2.36. The Balaban J connectivity index is 1.88. The average molecular weight is 613 g/mol. The minimum absolute atomic E-state index is 0.00732. The fourth-order valence-corrected chi connectivity index (χ4v) is 7.47. The van der Waals surface area contributed by atoms with E-state index in [-0.39, 0.29) is 42.8 Å². The Kier molecular flexibility index (Phi) is 7.72. The summed E-state index contributed by atoms with van der Waals surface area (Å²) in [7, 11) is 2.04. The van der Waals surface area contributed by atoms with Gasteiger partial charge in [-0.1, -0.05) is 46.4 Å². The van der Waals surface area contributed by atoms with Gasteiger partial charge in [-0.3, -0.25) is 14.3 Å². The first-order valence-corrected chi connectivity index (χ1v) is 13.1. The molecule has 1 amide bonds. The molecule has 0 aromatic heterocycles. The summed E-state index contributed by atoms with van der Waals surface area (Å²) in [5.41, 5.74) is 6.38. The van der Waals surface area contributed by atoms with Crippen molar-refractivity contribution in [2.24, 2.45) is 11.8 Å². The number of nitrogens with two attached hydrogens (primary N) is 1. The number of hydrogen-bond donors (Lipinski definition) is 1. The van der Waals surface area contributed by atoms with Gasteiger partial charge in [0.1, 0.15) is 11.6 Å². The van der Waals surface area contributed by atoms with Gasteiger partial charge in [0.05, 0.1) is 46.2 Å². The van der Waals surface area contributed by atoms with Crippen molar-refractivity contribution in [3.63, 3.8) is 0 Å². The predicted octanol–water partition coefficient (Wildman–Crippen LogP) is 6.15. The molecule has 2 saturated heterocycles. The van der Waals surface area contributed by atoms with E-state index < -0.39 is 56.4 Å². The number of halogens is 6. The number of benzene rings is 2. The number of alkyl halides is 2. The third-order valence-electron chi connectivity index (χ3n) is 6.98. The van der Waals surface area contributed by atoms with Gasteiger partial charge in [-0.25, -0.2) is 8.78 Å². The molecule has 0 aliphatic carbocycles. The molecule has 2 aliphatic rings. The Bertz CT molecular complexity index is 1280. The molecule has 2 aromatic carbocycles. The first-order valence-electron chi connectivity index (χ1n) is 10.8. The van der Waals surface area contributed by atoms with E-state index in [1.165, 1.54) is 48.2 Å². The van der Waals surface area contributed by atoms with Crippen molar-refractivity contribution in [3.8, 4) is 5.75 Å². The van der Waals surface area contributed by atoms with Crippen molar-refractivity contribution in [3.05, 3.63) is 49.9 Å². The molecule has 2 aliphatic heterocycles. The van der Waals surface area contributed by atoms with Crippen LogP contribution in [0.4, 0.5) is 20.2 Å². The average Bonchev–Trinajstić information content (AvgIpc) is 3.28. The second-order valence-electron chi connectivity index (χ2n) is 8.95. The smallest absolute Gasteiger partial charge is 0.262 e. The zero-order valence-electron chi connectivity index (χ0n) is 19.4. The van der Waals surface area contributed by atoms with Gasteiger partial charge in [0.2, 0.25) is 5.91 Å². The van der Waals surface area contributed by atoms with Gasteiger partial charge in [-0.05, 0) is 24.3 Å². The van der Waals surface area contributed by atoms with E-state index in [9.17, 15) is 22.9 Å². The van der Waals surface area contributed by atoms with E-state index in [1.54, 1.807) is 0 Å². The minimum Gasteiger partial charge on any atom is -0.494 e. The third-order valence-corrected chi connectivity index (χ3v) is 9.15. The summed E-state index contributed by atoms with van der Waals surface area (Å²) in [6.45, 7) is -0.853. The molecule has 2 N–H and O–H groups in total. The van der Waals surface area contributed by atoms with E-state index in [1.807, 2.05) is 0 Å². The van der Waals surface area contributed by atoms with Gasteiger partial charge in [-0.2, -0.15) is 0 Å². The Morgan fingerprint density at radius 2 is 1.81 bits per heavy atom. The highest BCUT2D eigenvalue weighted by Crippen LogP contribution is 2.62. The predicted molar refractivity (Wildman–Crippen MR) is 140 cm³/mol. The second-order valence-corrected chi connectivity index (χ2v) is 11.5. The van der Waals surface area contributed by atoms with Crippen molar-refractivity contribution in [1.82, 2.24) is 4.90 Å². The lowest BCUT2D eigenvalue weighted by Crippen LogP contribution is -2.44. The van der Waals surface area contributed by atoms with Crippen LogP contribution in [0.1, 0.15) is 12.0 Å². The van der Waals surface area contributed by atoms with Gasteiger partial charge in [0.25, 0.3) is 5.92 Å². The standard InChI is InChI=1S/C23H20Cl4F2N3O4P/c1-31(11-5-15(26)20(36-2)16(27)6-11)21(34)18-13(8-33)23(37-35,32-9-22(28,29)7-17(18)32)12-3-10(24)4-14(25)19(12)30/h3-6,8,13,17-18H,7,9,30H2,1-2H3. The summed E-state index contributed by atoms with van der Waals surface area (Å²) in [4.78, 5) is 28.9. The molecule has 0 radical (unpaired) electrons. The molecular formula is C23H20Cl4F2N3O4P. The van der Waals surface area contributed by atoms with Crippen molar-refractivity contribution >= 4 is 78.4 Å². The molecule has 4 rings (SSSR count). The molecule has 7 nitrogen and oxygen atoms in total. The SMILES string of the molecule is COc1c(Cl)cc(N(C)C(=O)C2C3CC(F)(F)CN3C(P=O)(c3cc(Cl)cc(Cl)c3N)C2C=O)cc1Cl. The highest BCUT2D eigenvalue weighted by atomic mass is 35.5. The van der Waals surface area contributed by atoms with E-state index >= 15 is 0 Å². The summed E-state index contributed by atoms with van der Waals surface area (Å²) in [5.74, 6) is -6.38. The maximum Gasteiger partial charge on any atom is 0.262 e. The van der Waals surface area contributed by atoms with Crippen molar-refractivity contribution in [1.29, 1.82) is 0 Å². The van der Waals surface area contributed by atoms with Crippen LogP contribution in [-0.2, 0) is 19.4 Å². The number of carbonyl (C=O) groups excluding carboxylic acids is 2. The van der Waals surface area contributed by atoms with Crippen molar-refractivity contribution < 1.29 is 27.7 Å². The van der Waals surface area contributed by atoms with Gasteiger partial charge in [-0.15, -0.1) is 0 Å². The van der Waals surface area contributed by atoms with Crippen LogP contribution in [0.5, 0.6) is 5.75 Å². The van der Waals surface area contributed by atoms with Crippen molar-refractivity contribution in [2.45, 2.75) is 23.7 Å². The van der Waals surface area contributed by atoms with Gasteiger partial charge in [0.15, 0.2) is 14.2 Å². The van der Waals surface area contributed by atoms with Crippen LogP contribution < -0.4 is 15.4 Å². The molecule has 37 heavy (non-hydrogen) atoms. The van der Waals surface area contributed by atoms with E-state index in [0.29, 0.717) is 6.29 Å². The molecule has 2 heterocycles. The molecule has 0 spiro atoms. The largest absolute Gasteiger partial charge is 0.494 e. The number of methoxy groups -OCH3 is 1. The lowest BCUT2D eigenvalue weighted by molar-refractivity contribution is -0.127. The second kappa shape index (κ2) is 10.1. The number of fused-ring (bicyclic) bond motifs is 1. The molecule has 0 saturated carbocycles. The maximum atomic E-state index is 14.8. The van der Waals surface area contributed by atoms with Crippen LogP contribution in [0.2, 0.25) is 20.1 Å². The fourth-order valence-electron chi connectivity index (χ4n) is 5.39. The molecule has 198 valence electrons. The van der Waals surface area contributed by atoms with Gasteiger partial charge >= 0.3 is 0 Å². The Morgan fingerprint density at radius 3 is 2.35 bits per heavy atom. The summed E-state index contributed by atoms with van der Waals surface area (Å²) < 4.78 is 47.7. The zero-order chi connectivity index (χ0) is 27.4. The van der Waals surface area contributed by atoms with Crippen LogP contribution in [0, 0.1) is 11.8 Å². The van der Waals surface area contributed by atoms with E-state index in [0.717, 1.165) is 0 Å². The lowest BCUT2D eigenvalue weighted by atomic mass is 9.82. The molecule has 2 aromatic rings. The number of aldehydes is 1. The number of rotatable bonds is 6. The molecule has 4 atom stereocenters. The number of ether oxygens (including phenoxy) is 1. The fraction of sp³-hybridized carbons (Fsp3) is 0.391. The monoisotopic (exact) mass is 611 g/mol. The van der Waals surface area contributed by atoms with Gasteiger partial charge in [0, 0.05) is 35.8 Å². The zero-order valence-corrected chi connectivity index (χ0v) is 23.3. The Morgan fingerprint density at radius 1 is 1.19 bits per heavy atom. The number of carbonyl (C=O) groups is 2. The van der Waals surface area contributed by atoms with E-state index in [2.05, 4.69) is 0 Å². The first-order chi connectivity index (χ1) is 17.3. The quantitative estimate of drug-likeness (QED) is 0.239. The highest BCUT2D eigenvalue weighted by molar-refractivity contribution is 7.25. The molecule has 2 fully saturated rings. The molecule has 4 unspecified atom stereocenters. The van der Waals surface area contributed by atoms with Crippen molar-refractivity contribution in [2.75, 3.05) is 31.3 Å². The topological polar surface area (TPSA) is 92.9 Å². The van der Waals surface area contributed by atoms with Crippen LogP contribution in [-0.4, -0.2) is 49.8 Å². The minimum atomic E-state index is -3.23. The molecule has 14 heteroatoms. The highest BCUT2D eigenvalue weighted by Gasteiger charge is 2.69. The summed E-state index contributed by atoms with van der Waals surface area (Å²) in [6.07, 6.45) is -0.294. The number of nitrogens with zero attached hydrogens (tertiary/aromatic N) is 2. The Labute approximate surface area is 232 Å². The number of hydrogen-bond acceptors (Lipinski definition) is 6. The third kappa shape index (κ3) is 4.48. The maximum absolute atomic E-state index is 14.8. The molecular weight excluding hydrogens is 593 g/mol. The molecule has 0 bridgehead atoms. The first kappa shape index (κ1) is 28.3. The van der Waals surface area contributed by atoms with E-state index in [4.69, 9.17) is 56.9 Å². The number of amides is 1. The summed E-state index contributed by atoms with van der Waals surface area (Å²) >= 11 is 24.8. The summed E-state index contributed by atoms with van der Waals surface area (Å²) in [6, 6.07) is 4.36. The summed E-state index contributed by atoms with van der Waals surface area (Å²) in [5, 5.41) is -1.59. The van der Waals surface area contributed by atoms with Crippen LogP contribution >= 0.6 is 54.9 Å².